The molecule has 9 heteroatoms. The lowest BCUT2D eigenvalue weighted by atomic mass is 10.4. The quantitative estimate of drug-likeness (QED) is 0.358. The Morgan fingerprint density at radius 1 is 1.50 bits per heavy atom. The second kappa shape index (κ2) is 8.35. The van der Waals surface area contributed by atoms with Crippen molar-refractivity contribution in [2.75, 3.05) is 17.7 Å². The van der Waals surface area contributed by atoms with Crippen molar-refractivity contribution in [1.82, 2.24) is 10.2 Å². The Kier molecular flexibility index (Phi) is 6.16. The first kappa shape index (κ1) is 16.2. The Morgan fingerprint density at radius 3 is 3.09 bits per heavy atom. The van der Waals surface area contributed by atoms with Crippen LogP contribution < -0.4 is 5.32 Å². The number of amides is 1. The molecule has 116 valence electrons. The molecular weight excluding hydrogens is 326 g/mol. The number of thioether (sulfide) groups is 1. The lowest BCUT2D eigenvalue weighted by Gasteiger charge is -1.98. The first-order chi connectivity index (χ1) is 10.7. The van der Waals surface area contributed by atoms with E-state index in [0.29, 0.717) is 21.8 Å². The largest absolute Gasteiger partial charge is 0.465 e. The van der Waals surface area contributed by atoms with Gasteiger partial charge in [-0.2, -0.15) is 0 Å². The third-order valence-electron chi connectivity index (χ3n) is 2.20. The average Bonchev–Trinajstić information content (AvgIpc) is 3.15. The maximum absolute atomic E-state index is 11.7. The smallest absolute Gasteiger partial charge is 0.316 e. The Morgan fingerprint density at radius 2 is 2.36 bits per heavy atom. The SMILES string of the molecule is CCOC(=O)CSc1nnc(NC(=O)/C=C/c2ccco2)s1. The monoisotopic (exact) mass is 339 g/mol. The molecule has 2 aromatic heterocycles. The minimum absolute atomic E-state index is 0.162. The van der Waals surface area contributed by atoms with E-state index in [9.17, 15) is 9.59 Å². The summed E-state index contributed by atoms with van der Waals surface area (Å²) in [5.74, 6) is 0.0942. The first-order valence-corrected chi connectivity index (χ1v) is 8.12. The van der Waals surface area contributed by atoms with Crippen molar-refractivity contribution in [3.05, 3.63) is 30.2 Å². The molecule has 0 aliphatic carbocycles. The van der Waals surface area contributed by atoms with Gasteiger partial charge in [-0.1, -0.05) is 23.1 Å². The standard InChI is InChI=1S/C13H13N3O4S2/c1-2-19-11(18)8-21-13-16-15-12(22-13)14-10(17)6-5-9-4-3-7-20-9/h3-7H,2,8H2,1H3,(H,14,15,17)/b6-5+. The zero-order valence-electron chi connectivity index (χ0n) is 11.6. The molecule has 2 heterocycles. The van der Waals surface area contributed by atoms with Crippen LogP contribution in [0, 0.1) is 0 Å². The number of ether oxygens (including phenoxy) is 1. The van der Waals surface area contributed by atoms with Crippen LogP contribution in [-0.4, -0.2) is 34.4 Å². The number of nitrogens with one attached hydrogen (secondary N) is 1. The molecule has 0 aromatic carbocycles. The van der Waals surface area contributed by atoms with Crippen molar-refractivity contribution in [1.29, 1.82) is 0 Å². The van der Waals surface area contributed by atoms with Gasteiger partial charge in [-0.15, -0.1) is 10.2 Å². The van der Waals surface area contributed by atoms with Gasteiger partial charge in [-0.05, 0) is 25.1 Å². The molecular formula is C13H13N3O4S2. The fraction of sp³-hybridized carbons (Fsp3) is 0.231. The Hall–Kier alpha value is -2.13. The summed E-state index contributed by atoms with van der Waals surface area (Å²) in [6, 6.07) is 3.47. The summed E-state index contributed by atoms with van der Waals surface area (Å²) in [6.07, 6.45) is 4.41. The van der Waals surface area contributed by atoms with Crippen molar-refractivity contribution in [2.45, 2.75) is 11.3 Å². The number of carbonyl (C=O) groups is 2. The van der Waals surface area contributed by atoms with E-state index in [2.05, 4.69) is 15.5 Å². The maximum Gasteiger partial charge on any atom is 0.316 e. The van der Waals surface area contributed by atoms with Crippen molar-refractivity contribution in [3.63, 3.8) is 0 Å². The molecule has 0 fully saturated rings. The lowest BCUT2D eigenvalue weighted by molar-refractivity contribution is -0.139. The zero-order valence-corrected chi connectivity index (χ0v) is 13.3. The highest BCUT2D eigenvalue weighted by Crippen LogP contribution is 2.25. The van der Waals surface area contributed by atoms with Gasteiger partial charge >= 0.3 is 5.97 Å². The van der Waals surface area contributed by atoms with Crippen LogP contribution in [0.2, 0.25) is 0 Å². The fourth-order valence-corrected chi connectivity index (χ4v) is 2.89. The summed E-state index contributed by atoms with van der Waals surface area (Å²) < 4.78 is 10.5. The lowest BCUT2D eigenvalue weighted by Crippen LogP contribution is -2.07. The van der Waals surface area contributed by atoms with Gasteiger partial charge in [0.25, 0.3) is 0 Å². The molecule has 0 unspecified atom stereocenters. The van der Waals surface area contributed by atoms with Crippen LogP contribution in [0.3, 0.4) is 0 Å². The van der Waals surface area contributed by atoms with Gasteiger partial charge in [0, 0.05) is 6.08 Å². The molecule has 2 aromatic rings. The van der Waals surface area contributed by atoms with Gasteiger partial charge in [0.15, 0.2) is 4.34 Å². The van der Waals surface area contributed by atoms with Crippen LogP contribution in [0.15, 0.2) is 33.2 Å². The Bertz CT molecular complexity index is 652. The van der Waals surface area contributed by atoms with Crippen LogP contribution in [0.25, 0.3) is 6.08 Å². The Balaban J connectivity index is 1.81. The molecule has 2 rings (SSSR count). The van der Waals surface area contributed by atoms with Gasteiger partial charge in [0.2, 0.25) is 11.0 Å². The molecule has 0 atom stereocenters. The number of esters is 1. The molecule has 1 amide bonds. The molecule has 0 aliphatic rings. The number of furan rings is 1. The van der Waals surface area contributed by atoms with Gasteiger partial charge < -0.3 is 9.15 Å². The summed E-state index contributed by atoms with van der Waals surface area (Å²) in [4.78, 5) is 22.9. The molecule has 1 N–H and O–H groups in total. The van der Waals surface area contributed by atoms with Crippen molar-refractivity contribution in [3.8, 4) is 0 Å². The maximum atomic E-state index is 11.7. The van der Waals surface area contributed by atoms with Crippen molar-refractivity contribution in [2.24, 2.45) is 0 Å². The minimum Gasteiger partial charge on any atom is -0.465 e. The summed E-state index contributed by atoms with van der Waals surface area (Å²) in [7, 11) is 0. The van der Waals surface area contributed by atoms with E-state index in [1.807, 2.05) is 0 Å². The highest BCUT2D eigenvalue weighted by molar-refractivity contribution is 8.01. The molecule has 7 nitrogen and oxygen atoms in total. The third-order valence-corrected chi connectivity index (χ3v) is 4.14. The van der Waals surface area contributed by atoms with E-state index < -0.39 is 0 Å². The number of hydrogen-bond donors (Lipinski definition) is 1. The second-order valence-electron chi connectivity index (χ2n) is 3.80. The third kappa shape index (κ3) is 5.34. The van der Waals surface area contributed by atoms with Gasteiger partial charge in [0.1, 0.15) is 5.76 Å². The molecule has 22 heavy (non-hydrogen) atoms. The number of aromatic nitrogens is 2. The average molecular weight is 339 g/mol. The van der Waals surface area contributed by atoms with Crippen LogP contribution >= 0.6 is 23.1 Å². The van der Waals surface area contributed by atoms with Crippen molar-refractivity contribution >= 4 is 46.2 Å². The topological polar surface area (TPSA) is 94.3 Å². The minimum atomic E-state index is -0.338. The van der Waals surface area contributed by atoms with Gasteiger partial charge in [-0.25, -0.2) is 0 Å². The summed E-state index contributed by atoms with van der Waals surface area (Å²) in [6.45, 7) is 2.09. The second-order valence-corrected chi connectivity index (χ2v) is 6.00. The van der Waals surface area contributed by atoms with E-state index >= 15 is 0 Å². The molecule has 0 spiro atoms. The van der Waals surface area contributed by atoms with E-state index in [0.717, 1.165) is 0 Å². The van der Waals surface area contributed by atoms with Gasteiger partial charge in [0.05, 0.1) is 18.6 Å². The number of hydrogen-bond acceptors (Lipinski definition) is 8. The predicted octanol–water partition coefficient (Wildman–Crippen LogP) is 2.44. The highest BCUT2D eigenvalue weighted by Gasteiger charge is 2.09. The highest BCUT2D eigenvalue weighted by atomic mass is 32.2. The first-order valence-electron chi connectivity index (χ1n) is 6.32. The zero-order chi connectivity index (χ0) is 15.8. The molecule has 0 saturated carbocycles. The Labute approximate surface area is 134 Å². The van der Waals surface area contributed by atoms with Crippen LogP contribution in [0.4, 0.5) is 5.13 Å². The van der Waals surface area contributed by atoms with Crippen LogP contribution in [0.1, 0.15) is 12.7 Å². The predicted molar refractivity (Wildman–Crippen MR) is 83.6 cm³/mol. The van der Waals surface area contributed by atoms with E-state index in [1.54, 1.807) is 25.1 Å². The molecule has 0 saturated heterocycles. The number of rotatable bonds is 7. The number of carbonyl (C=O) groups excluding carboxylic acids is 2. The molecule has 0 radical (unpaired) electrons. The van der Waals surface area contributed by atoms with E-state index in [4.69, 9.17) is 9.15 Å². The normalized spacial score (nSPS) is 10.8. The fourth-order valence-electron chi connectivity index (χ4n) is 1.33. The molecule has 0 aliphatic heterocycles. The van der Waals surface area contributed by atoms with Crippen LogP contribution in [-0.2, 0) is 14.3 Å². The van der Waals surface area contributed by atoms with Crippen molar-refractivity contribution < 1.29 is 18.7 Å². The van der Waals surface area contributed by atoms with E-state index in [1.165, 1.54) is 35.4 Å². The molecule has 0 bridgehead atoms. The summed E-state index contributed by atoms with van der Waals surface area (Å²) in [5, 5.41) is 10.7. The van der Waals surface area contributed by atoms with Crippen LogP contribution in [0.5, 0.6) is 0 Å². The summed E-state index contributed by atoms with van der Waals surface area (Å²) in [5.41, 5.74) is 0. The summed E-state index contributed by atoms with van der Waals surface area (Å²) >= 11 is 2.40. The van der Waals surface area contributed by atoms with E-state index in [-0.39, 0.29) is 17.6 Å². The van der Waals surface area contributed by atoms with Gasteiger partial charge in [-0.3, -0.25) is 14.9 Å². The number of nitrogens with zero attached hydrogens (tertiary/aromatic N) is 2. The number of anilines is 1.